The second-order valence-electron chi connectivity index (χ2n) is 5.09. The van der Waals surface area contributed by atoms with Crippen molar-refractivity contribution in [2.75, 3.05) is 20.1 Å². The van der Waals surface area contributed by atoms with E-state index in [0.29, 0.717) is 11.5 Å². The normalized spacial score (nSPS) is 19.6. The molecule has 1 saturated heterocycles. The Morgan fingerprint density at radius 2 is 2.22 bits per heavy atom. The van der Waals surface area contributed by atoms with Crippen LogP contribution >= 0.6 is 12.4 Å². The van der Waals surface area contributed by atoms with Gasteiger partial charge in [0, 0.05) is 6.54 Å². The number of rotatable bonds is 3. The highest BCUT2D eigenvalue weighted by atomic mass is 35.5. The fourth-order valence-electron chi connectivity index (χ4n) is 2.57. The van der Waals surface area contributed by atoms with Crippen molar-refractivity contribution in [3.63, 3.8) is 0 Å². The summed E-state index contributed by atoms with van der Waals surface area (Å²) in [6.45, 7) is 4.13. The largest absolute Gasteiger partial charge is 0.478 e. The van der Waals surface area contributed by atoms with Gasteiger partial charge in [0.25, 0.3) is 0 Å². The Morgan fingerprint density at radius 3 is 2.78 bits per heavy atom. The molecule has 1 heterocycles. The van der Waals surface area contributed by atoms with Crippen LogP contribution in [0.4, 0.5) is 0 Å². The summed E-state index contributed by atoms with van der Waals surface area (Å²) in [6, 6.07) is 5.74. The Morgan fingerprint density at radius 1 is 1.50 bits per heavy atom. The van der Waals surface area contributed by atoms with E-state index in [9.17, 15) is 9.90 Å². The summed E-state index contributed by atoms with van der Waals surface area (Å²) < 4.78 is 0. The van der Waals surface area contributed by atoms with Crippen molar-refractivity contribution in [2.24, 2.45) is 5.92 Å². The first-order valence-electron chi connectivity index (χ1n) is 6.07. The van der Waals surface area contributed by atoms with Crippen molar-refractivity contribution in [3.8, 4) is 0 Å². The van der Waals surface area contributed by atoms with Crippen LogP contribution < -0.4 is 0 Å². The second kappa shape index (κ2) is 6.21. The lowest BCUT2D eigenvalue weighted by atomic mass is 9.94. The summed E-state index contributed by atoms with van der Waals surface area (Å²) in [4.78, 5) is 13.5. The van der Waals surface area contributed by atoms with Crippen LogP contribution in [0.15, 0.2) is 18.2 Å². The first-order chi connectivity index (χ1) is 8.06. The van der Waals surface area contributed by atoms with Crippen LogP contribution in [0.3, 0.4) is 0 Å². The number of carbonyl (C=O) groups is 1. The molecular formula is C14H20ClNO2. The van der Waals surface area contributed by atoms with Gasteiger partial charge in [-0.1, -0.05) is 17.7 Å². The maximum atomic E-state index is 11.2. The first-order valence-corrected chi connectivity index (χ1v) is 6.07. The van der Waals surface area contributed by atoms with Crippen molar-refractivity contribution >= 4 is 18.4 Å². The zero-order valence-electron chi connectivity index (χ0n) is 10.8. The number of halogens is 1. The third-order valence-corrected chi connectivity index (χ3v) is 3.49. The predicted molar refractivity (Wildman–Crippen MR) is 74.7 cm³/mol. The van der Waals surface area contributed by atoms with Crippen molar-refractivity contribution in [1.82, 2.24) is 4.90 Å². The number of benzene rings is 1. The van der Waals surface area contributed by atoms with Crippen LogP contribution in [0.25, 0.3) is 0 Å². The van der Waals surface area contributed by atoms with E-state index < -0.39 is 5.97 Å². The molecule has 0 amide bonds. The van der Waals surface area contributed by atoms with Gasteiger partial charge in [0.15, 0.2) is 0 Å². The molecule has 2 rings (SSSR count). The van der Waals surface area contributed by atoms with Gasteiger partial charge in [-0.2, -0.15) is 0 Å². The van der Waals surface area contributed by atoms with E-state index in [1.807, 2.05) is 19.1 Å². The molecule has 1 N–H and O–H groups in total. The lowest BCUT2D eigenvalue weighted by molar-refractivity contribution is 0.0695. The van der Waals surface area contributed by atoms with E-state index in [1.54, 1.807) is 6.07 Å². The first kappa shape index (κ1) is 15.0. The number of carboxylic acid groups (broad SMARTS) is 1. The van der Waals surface area contributed by atoms with E-state index in [0.717, 1.165) is 30.6 Å². The molecule has 1 fully saturated rings. The molecule has 1 aromatic carbocycles. The van der Waals surface area contributed by atoms with Crippen molar-refractivity contribution in [1.29, 1.82) is 0 Å². The van der Waals surface area contributed by atoms with E-state index in [1.165, 1.54) is 6.42 Å². The highest BCUT2D eigenvalue weighted by Crippen LogP contribution is 2.22. The standard InChI is InChI=1S/C14H19NO2.ClH/c1-10-3-4-12(13(7-10)14(16)17)8-11-5-6-15(2)9-11;/h3-4,7,11H,5-6,8-9H2,1-2H3,(H,16,17);1H. The molecule has 4 heteroatoms. The van der Waals surface area contributed by atoms with Crippen molar-refractivity contribution in [3.05, 3.63) is 34.9 Å². The molecule has 1 atom stereocenters. The third-order valence-electron chi connectivity index (χ3n) is 3.49. The second-order valence-corrected chi connectivity index (χ2v) is 5.09. The van der Waals surface area contributed by atoms with Crippen LogP contribution in [0, 0.1) is 12.8 Å². The van der Waals surface area contributed by atoms with Gasteiger partial charge in [-0.05, 0) is 50.9 Å². The van der Waals surface area contributed by atoms with Gasteiger partial charge in [0.2, 0.25) is 0 Å². The lowest BCUT2D eigenvalue weighted by Gasteiger charge is -2.13. The number of aryl methyl sites for hydroxylation is 1. The summed E-state index contributed by atoms with van der Waals surface area (Å²) >= 11 is 0. The number of nitrogens with zero attached hydrogens (tertiary/aromatic N) is 1. The van der Waals surface area contributed by atoms with Gasteiger partial charge in [-0.25, -0.2) is 4.79 Å². The Bertz CT molecular complexity index is 434. The molecule has 0 radical (unpaired) electrons. The molecule has 0 aromatic heterocycles. The Labute approximate surface area is 114 Å². The fraction of sp³-hybridized carbons (Fsp3) is 0.500. The quantitative estimate of drug-likeness (QED) is 0.917. The molecule has 1 unspecified atom stereocenters. The zero-order valence-corrected chi connectivity index (χ0v) is 11.7. The summed E-state index contributed by atoms with van der Waals surface area (Å²) in [5.41, 5.74) is 2.46. The molecule has 18 heavy (non-hydrogen) atoms. The molecular weight excluding hydrogens is 250 g/mol. The molecule has 3 nitrogen and oxygen atoms in total. The van der Waals surface area contributed by atoms with Crippen molar-refractivity contribution in [2.45, 2.75) is 19.8 Å². The van der Waals surface area contributed by atoms with Crippen LogP contribution in [0.1, 0.15) is 27.9 Å². The molecule has 1 aromatic rings. The maximum absolute atomic E-state index is 11.2. The zero-order chi connectivity index (χ0) is 12.4. The monoisotopic (exact) mass is 269 g/mol. The van der Waals surface area contributed by atoms with E-state index >= 15 is 0 Å². The van der Waals surface area contributed by atoms with Gasteiger partial charge in [0.05, 0.1) is 5.56 Å². The molecule has 0 saturated carbocycles. The van der Waals surface area contributed by atoms with E-state index in [-0.39, 0.29) is 12.4 Å². The topological polar surface area (TPSA) is 40.5 Å². The summed E-state index contributed by atoms with van der Waals surface area (Å²) in [5, 5.41) is 9.21. The van der Waals surface area contributed by atoms with Crippen LogP contribution in [0.5, 0.6) is 0 Å². The third kappa shape index (κ3) is 3.47. The number of likely N-dealkylation sites (tertiary alicyclic amines) is 1. The summed E-state index contributed by atoms with van der Waals surface area (Å²) in [7, 11) is 2.12. The van der Waals surface area contributed by atoms with Crippen LogP contribution in [0.2, 0.25) is 0 Å². The van der Waals surface area contributed by atoms with Gasteiger partial charge < -0.3 is 10.0 Å². The van der Waals surface area contributed by atoms with Gasteiger partial charge in [-0.3, -0.25) is 0 Å². The summed E-state index contributed by atoms with van der Waals surface area (Å²) in [6.07, 6.45) is 2.05. The fourth-order valence-corrected chi connectivity index (χ4v) is 2.57. The molecule has 0 aliphatic carbocycles. The summed E-state index contributed by atoms with van der Waals surface area (Å²) in [5.74, 6) is -0.212. The lowest BCUT2D eigenvalue weighted by Crippen LogP contribution is -2.16. The van der Waals surface area contributed by atoms with Gasteiger partial charge in [0.1, 0.15) is 0 Å². The molecule has 1 aliphatic rings. The van der Waals surface area contributed by atoms with Gasteiger partial charge >= 0.3 is 5.97 Å². The van der Waals surface area contributed by atoms with E-state index in [2.05, 4.69) is 11.9 Å². The Hall–Kier alpha value is -1.06. The number of carboxylic acids is 1. The Kier molecular flexibility index (Phi) is 5.17. The van der Waals surface area contributed by atoms with Crippen LogP contribution in [-0.4, -0.2) is 36.1 Å². The van der Waals surface area contributed by atoms with Crippen molar-refractivity contribution < 1.29 is 9.90 Å². The predicted octanol–water partition coefficient (Wildman–Crippen LogP) is 2.61. The average molecular weight is 270 g/mol. The number of aromatic carboxylic acids is 1. The molecule has 1 aliphatic heterocycles. The average Bonchev–Trinajstić information content (AvgIpc) is 2.66. The maximum Gasteiger partial charge on any atom is 0.335 e. The molecule has 0 bridgehead atoms. The number of hydrogen-bond acceptors (Lipinski definition) is 2. The minimum absolute atomic E-state index is 0. The molecule has 100 valence electrons. The Balaban J connectivity index is 0.00000162. The highest BCUT2D eigenvalue weighted by Gasteiger charge is 2.21. The highest BCUT2D eigenvalue weighted by molar-refractivity contribution is 5.89. The van der Waals surface area contributed by atoms with E-state index in [4.69, 9.17) is 0 Å². The van der Waals surface area contributed by atoms with Gasteiger partial charge in [-0.15, -0.1) is 12.4 Å². The van der Waals surface area contributed by atoms with Crippen LogP contribution in [-0.2, 0) is 6.42 Å². The molecule has 0 spiro atoms. The SMILES string of the molecule is Cc1ccc(CC2CCN(C)C2)c(C(=O)O)c1.Cl. The smallest absolute Gasteiger partial charge is 0.335 e. The number of hydrogen-bond donors (Lipinski definition) is 1. The minimum Gasteiger partial charge on any atom is -0.478 e. The minimum atomic E-state index is -0.810.